The van der Waals surface area contributed by atoms with E-state index in [9.17, 15) is 9.59 Å². The lowest BCUT2D eigenvalue weighted by Gasteiger charge is -2.29. The number of ether oxygens (including phenoxy) is 1. The van der Waals surface area contributed by atoms with Gasteiger partial charge in [-0.2, -0.15) is 0 Å². The molecule has 0 saturated carbocycles. The van der Waals surface area contributed by atoms with Gasteiger partial charge in [-0.1, -0.05) is 72.3 Å². The second-order valence-corrected chi connectivity index (χ2v) is 8.75. The van der Waals surface area contributed by atoms with Gasteiger partial charge in [0.05, 0.1) is 5.69 Å². The number of thiocarbonyl (C=S) groups is 1. The average Bonchev–Trinajstić information content (AvgIpc) is 2.88. The van der Waals surface area contributed by atoms with Crippen molar-refractivity contribution in [3.05, 3.63) is 120 Å². The number of amides is 2. The molecule has 6 heteroatoms. The Labute approximate surface area is 214 Å². The van der Waals surface area contributed by atoms with Crippen molar-refractivity contribution in [2.45, 2.75) is 6.92 Å². The van der Waals surface area contributed by atoms with Crippen LogP contribution in [0, 0.1) is 6.92 Å². The van der Waals surface area contributed by atoms with Crippen molar-refractivity contribution in [2.24, 2.45) is 0 Å². The standard InChI is InChI=1S/C30H22N2O3S/c1-20-6-5-7-23(18-20)22-12-10-21(11-13-22)19-27-28(33)31-30(36)32(29(27)34)24-14-16-26(17-15-24)35-25-8-3-2-4-9-25/h2-19H,1H3,(H,31,33,36)/b27-19+. The number of anilines is 1. The smallest absolute Gasteiger partial charge is 0.270 e. The summed E-state index contributed by atoms with van der Waals surface area (Å²) in [6, 6.07) is 32.3. The molecule has 0 aliphatic carbocycles. The topological polar surface area (TPSA) is 58.6 Å². The van der Waals surface area contributed by atoms with E-state index in [0.717, 1.165) is 16.7 Å². The predicted octanol–water partition coefficient (Wildman–Crippen LogP) is 6.29. The second-order valence-electron chi connectivity index (χ2n) is 8.36. The van der Waals surface area contributed by atoms with Crippen LogP contribution >= 0.6 is 12.2 Å². The third kappa shape index (κ3) is 4.94. The molecule has 5 nitrogen and oxygen atoms in total. The molecule has 2 amide bonds. The van der Waals surface area contributed by atoms with Gasteiger partial charge in [-0.25, -0.2) is 0 Å². The van der Waals surface area contributed by atoms with Crippen LogP contribution in [0.4, 0.5) is 5.69 Å². The Balaban J connectivity index is 1.37. The molecule has 0 aromatic heterocycles. The quantitative estimate of drug-likeness (QED) is 0.203. The van der Waals surface area contributed by atoms with Crippen molar-refractivity contribution in [2.75, 3.05) is 4.90 Å². The van der Waals surface area contributed by atoms with Crippen molar-refractivity contribution in [1.82, 2.24) is 5.32 Å². The average molecular weight is 491 g/mol. The van der Waals surface area contributed by atoms with Crippen LogP contribution in [0.5, 0.6) is 11.5 Å². The zero-order chi connectivity index (χ0) is 25.1. The number of nitrogens with zero attached hydrogens (tertiary/aromatic N) is 1. The Morgan fingerprint density at radius 2 is 1.47 bits per heavy atom. The van der Waals surface area contributed by atoms with Crippen LogP contribution in [0.15, 0.2) is 109 Å². The van der Waals surface area contributed by atoms with Crippen molar-refractivity contribution in [3.63, 3.8) is 0 Å². The highest BCUT2D eigenvalue weighted by atomic mass is 32.1. The van der Waals surface area contributed by atoms with Gasteiger partial charge < -0.3 is 4.74 Å². The molecule has 0 bridgehead atoms. The first-order chi connectivity index (χ1) is 17.5. The van der Waals surface area contributed by atoms with E-state index in [0.29, 0.717) is 17.2 Å². The monoisotopic (exact) mass is 490 g/mol. The molecule has 176 valence electrons. The van der Waals surface area contributed by atoms with Gasteiger partial charge >= 0.3 is 0 Å². The lowest BCUT2D eigenvalue weighted by atomic mass is 10.0. The molecule has 4 aromatic rings. The van der Waals surface area contributed by atoms with Crippen LogP contribution in [0.2, 0.25) is 0 Å². The van der Waals surface area contributed by atoms with Gasteiger partial charge in [-0.05, 0) is 78.3 Å². The van der Waals surface area contributed by atoms with Crippen LogP contribution in [0.3, 0.4) is 0 Å². The Morgan fingerprint density at radius 3 is 2.17 bits per heavy atom. The van der Waals surface area contributed by atoms with Crippen LogP contribution in [-0.2, 0) is 9.59 Å². The van der Waals surface area contributed by atoms with E-state index < -0.39 is 11.8 Å². The van der Waals surface area contributed by atoms with Gasteiger partial charge in [0.25, 0.3) is 11.8 Å². The first kappa shape index (κ1) is 23.2. The highest BCUT2D eigenvalue weighted by Gasteiger charge is 2.34. The summed E-state index contributed by atoms with van der Waals surface area (Å²) in [6.45, 7) is 2.05. The summed E-state index contributed by atoms with van der Waals surface area (Å²) in [6.07, 6.45) is 1.58. The minimum Gasteiger partial charge on any atom is -0.457 e. The van der Waals surface area contributed by atoms with Gasteiger partial charge in [0.1, 0.15) is 17.1 Å². The third-order valence-electron chi connectivity index (χ3n) is 5.75. The fraction of sp³-hybridized carbons (Fsp3) is 0.0333. The van der Waals surface area contributed by atoms with Crippen molar-refractivity contribution < 1.29 is 14.3 Å². The molecular weight excluding hydrogens is 468 g/mol. The van der Waals surface area contributed by atoms with Gasteiger partial charge in [-0.3, -0.25) is 19.8 Å². The Morgan fingerprint density at radius 1 is 0.778 bits per heavy atom. The number of hydrogen-bond donors (Lipinski definition) is 1. The summed E-state index contributed by atoms with van der Waals surface area (Å²) in [7, 11) is 0. The van der Waals surface area contributed by atoms with Gasteiger partial charge in [0.15, 0.2) is 5.11 Å². The minimum atomic E-state index is -0.520. The largest absolute Gasteiger partial charge is 0.457 e. The molecule has 1 fully saturated rings. The molecule has 0 spiro atoms. The third-order valence-corrected chi connectivity index (χ3v) is 6.03. The molecule has 0 unspecified atom stereocenters. The summed E-state index contributed by atoms with van der Waals surface area (Å²) in [5.74, 6) is 0.325. The van der Waals surface area contributed by atoms with Gasteiger partial charge in [0, 0.05) is 0 Å². The zero-order valence-electron chi connectivity index (χ0n) is 19.5. The summed E-state index contributed by atoms with van der Waals surface area (Å²) >= 11 is 5.32. The molecule has 0 atom stereocenters. The summed E-state index contributed by atoms with van der Waals surface area (Å²) < 4.78 is 5.82. The summed E-state index contributed by atoms with van der Waals surface area (Å²) in [5, 5.41) is 2.66. The molecule has 36 heavy (non-hydrogen) atoms. The highest BCUT2D eigenvalue weighted by molar-refractivity contribution is 7.80. The number of hydrogen-bond acceptors (Lipinski definition) is 4. The highest BCUT2D eigenvalue weighted by Crippen LogP contribution is 2.27. The maximum absolute atomic E-state index is 13.3. The number of nitrogens with one attached hydrogen (secondary N) is 1. The summed E-state index contributed by atoms with van der Waals surface area (Å²) in [5.41, 5.74) is 4.63. The molecule has 5 rings (SSSR count). The molecule has 4 aromatic carbocycles. The molecule has 1 heterocycles. The number of para-hydroxylation sites is 1. The SMILES string of the molecule is Cc1cccc(-c2ccc(/C=C3\C(=O)NC(=S)N(c4ccc(Oc5ccccc5)cc4)C3=O)cc2)c1. The number of rotatable bonds is 5. The van der Waals surface area contributed by atoms with Crippen LogP contribution in [0.25, 0.3) is 17.2 Å². The molecule has 0 radical (unpaired) electrons. The number of benzene rings is 4. The minimum absolute atomic E-state index is 0.0107. The van der Waals surface area contributed by atoms with E-state index in [1.54, 1.807) is 30.3 Å². The predicted molar refractivity (Wildman–Crippen MR) is 146 cm³/mol. The first-order valence-electron chi connectivity index (χ1n) is 11.4. The van der Waals surface area contributed by atoms with E-state index >= 15 is 0 Å². The first-order valence-corrected chi connectivity index (χ1v) is 11.8. The molecule has 1 saturated heterocycles. The van der Waals surface area contributed by atoms with Crippen LogP contribution < -0.4 is 15.0 Å². The molecule has 1 aliphatic heterocycles. The lowest BCUT2D eigenvalue weighted by Crippen LogP contribution is -2.54. The number of carbonyl (C=O) groups excluding carboxylic acids is 2. The van der Waals surface area contributed by atoms with Crippen molar-refractivity contribution >= 4 is 40.9 Å². The maximum atomic E-state index is 13.3. The summed E-state index contributed by atoms with van der Waals surface area (Å²) in [4.78, 5) is 27.3. The van der Waals surface area contributed by atoms with E-state index in [4.69, 9.17) is 17.0 Å². The Hall–Kier alpha value is -4.55. The maximum Gasteiger partial charge on any atom is 0.270 e. The number of carbonyl (C=O) groups is 2. The van der Waals surface area contributed by atoms with Crippen LogP contribution in [0.1, 0.15) is 11.1 Å². The fourth-order valence-corrected chi connectivity index (χ4v) is 4.22. The second kappa shape index (κ2) is 9.98. The molecule has 1 N–H and O–H groups in total. The van der Waals surface area contributed by atoms with Gasteiger partial charge in [-0.15, -0.1) is 0 Å². The van der Waals surface area contributed by atoms with E-state index in [2.05, 4.69) is 24.4 Å². The fourth-order valence-electron chi connectivity index (χ4n) is 3.94. The van der Waals surface area contributed by atoms with Crippen molar-refractivity contribution in [1.29, 1.82) is 0 Å². The normalized spacial score (nSPS) is 14.6. The van der Waals surface area contributed by atoms with E-state index in [1.807, 2.05) is 66.7 Å². The Bertz CT molecular complexity index is 1480. The molecule has 1 aliphatic rings. The zero-order valence-corrected chi connectivity index (χ0v) is 20.3. The van der Waals surface area contributed by atoms with Crippen LogP contribution in [-0.4, -0.2) is 16.9 Å². The number of aryl methyl sites for hydroxylation is 1. The van der Waals surface area contributed by atoms with E-state index in [1.165, 1.54) is 10.5 Å². The van der Waals surface area contributed by atoms with E-state index in [-0.39, 0.29) is 10.7 Å². The Kier molecular flexibility index (Phi) is 6.43. The van der Waals surface area contributed by atoms with Gasteiger partial charge in [0.2, 0.25) is 0 Å². The molecular formula is C30H22N2O3S. The lowest BCUT2D eigenvalue weighted by molar-refractivity contribution is -0.122. The van der Waals surface area contributed by atoms with Crippen molar-refractivity contribution in [3.8, 4) is 22.6 Å².